The zero-order chi connectivity index (χ0) is 18.1. The number of nitrogens with one attached hydrogen (secondary N) is 3. The number of aromatic amines is 1. The Labute approximate surface area is 159 Å². The molecule has 1 aliphatic rings. The van der Waals surface area contributed by atoms with E-state index in [2.05, 4.69) is 41.8 Å². The molecule has 0 amide bonds. The first-order valence-corrected chi connectivity index (χ1v) is 9.62. The van der Waals surface area contributed by atoms with E-state index < -0.39 is 0 Å². The van der Waals surface area contributed by atoms with Crippen LogP contribution >= 0.6 is 11.3 Å². The number of pyridine rings is 2. The van der Waals surface area contributed by atoms with E-state index >= 15 is 0 Å². The number of fused-ring (bicyclic) bond motifs is 1. The van der Waals surface area contributed by atoms with Crippen LogP contribution in [0.5, 0.6) is 0 Å². The van der Waals surface area contributed by atoms with Crippen molar-refractivity contribution in [3.63, 3.8) is 0 Å². The summed E-state index contributed by atoms with van der Waals surface area (Å²) in [7, 11) is 0. The number of aromatic nitrogens is 5. The maximum absolute atomic E-state index is 4.69. The van der Waals surface area contributed by atoms with E-state index in [1.807, 2.05) is 30.6 Å². The highest BCUT2D eigenvalue weighted by molar-refractivity contribution is 7.21. The third-order valence-corrected chi connectivity index (χ3v) is 5.39. The van der Waals surface area contributed by atoms with Crippen LogP contribution in [-0.4, -0.2) is 51.3 Å². The second-order valence-corrected chi connectivity index (χ2v) is 7.27. The summed E-state index contributed by atoms with van der Waals surface area (Å²) in [5, 5.41) is 14.3. The lowest BCUT2D eigenvalue weighted by Gasteiger charge is -2.29. The average molecular weight is 378 g/mol. The molecule has 0 spiro atoms. The zero-order valence-electron chi connectivity index (χ0n) is 14.5. The number of hydrogen-bond donors (Lipinski definition) is 3. The molecule has 0 radical (unpaired) electrons. The van der Waals surface area contributed by atoms with E-state index in [1.165, 1.54) is 17.0 Å². The van der Waals surface area contributed by atoms with Gasteiger partial charge in [-0.3, -0.25) is 5.10 Å². The summed E-state index contributed by atoms with van der Waals surface area (Å²) in [6.45, 7) is 4.03. The fourth-order valence-corrected chi connectivity index (χ4v) is 3.98. The molecule has 1 saturated heterocycles. The molecule has 1 fully saturated rings. The van der Waals surface area contributed by atoms with E-state index in [4.69, 9.17) is 4.98 Å². The van der Waals surface area contributed by atoms with E-state index in [-0.39, 0.29) is 0 Å². The molecule has 4 aromatic rings. The molecule has 4 aromatic heterocycles. The molecule has 5 rings (SSSR count). The molecule has 0 unspecified atom stereocenters. The maximum Gasteiger partial charge on any atom is 0.190 e. The highest BCUT2D eigenvalue weighted by atomic mass is 32.1. The first-order chi connectivity index (χ1) is 13.3. The molecule has 27 heavy (non-hydrogen) atoms. The van der Waals surface area contributed by atoms with E-state index in [9.17, 15) is 0 Å². The van der Waals surface area contributed by atoms with Gasteiger partial charge in [0.2, 0.25) is 0 Å². The van der Waals surface area contributed by atoms with Crippen LogP contribution < -0.4 is 15.5 Å². The molecule has 0 bridgehead atoms. The molecule has 0 saturated carbocycles. The fourth-order valence-electron chi connectivity index (χ4n) is 3.14. The molecule has 0 atom stereocenters. The predicted octanol–water partition coefficient (Wildman–Crippen LogP) is 2.63. The summed E-state index contributed by atoms with van der Waals surface area (Å²) >= 11 is 1.52. The number of thiazole rings is 1. The molecule has 0 aliphatic carbocycles. The Morgan fingerprint density at radius 2 is 2.04 bits per heavy atom. The topological polar surface area (TPSA) is 94.7 Å². The van der Waals surface area contributed by atoms with Crippen LogP contribution in [0.1, 0.15) is 0 Å². The summed E-state index contributed by atoms with van der Waals surface area (Å²) in [6.07, 6.45) is 5.43. The largest absolute Gasteiger partial charge is 0.369 e. The number of H-pyrrole nitrogens is 1. The average Bonchev–Trinajstić information content (AvgIpc) is 3.38. The van der Waals surface area contributed by atoms with Crippen molar-refractivity contribution in [3.8, 4) is 11.3 Å². The van der Waals surface area contributed by atoms with Gasteiger partial charge in [0.05, 0.1) is 11.9 Å². The summed E-state index contributed by atoms with van der Waals surface area (Å²) in [5.41, 5.74) is 3.89. The fraction of sp³-hybridized carbons (Fsp3) is 0.222. The minimum atomic E-state index is 0.784. The Hall–Kier alpha value is -3.04. The van der Waals surface area contributed by atoms with Crippen LogP contribution in [0.4, 0.5) is 16.6 Å². The van der Waals surface area contributed by atoms with Crippen molar-refractivity contribution in [1.29, 1.82) is 0 Å². The molecule has 1 aliphatic heterocycles. The Bertz CT molecular complexity index is 1050. The standard InChI is InChI=1S/C18H18N8S/c1-2-15-17(23-14(1)12-10-21-22-11-12)27-18(24-15)25-16-9-13(3-4-20-16)26-7-5-19-6-8-26/h1-4,9-11,19H,5-8H2,(H,21,22)(H,20,24,25). The lowest BCUT2D eigenvalue weighted by molar-refractivity contribution is 0.589. The second-order valence-electron chi connectivity index (χ2n) is 6.29. The third kappa shape index (κ3) is 3.34. The molecule has 0 aromatic carbocycles. The van der Waals surface area contributed by atoms with E-state index in [0.29, 0.717) is 0 Å². The van der Waals surface area contributed by atoms with Crippen molar-refractivity contribution in [2.75, 3.05) is 36.4 Å². The number of nitrogens with zero attached hydrogens (tertiary/aromatic N) is 5. The van der Waals surface area contributed by atoms with Gasteiger partial charge in [0.15, 0.2) is 5.13 Å². The Balaban J connectivity index is 1.39. The number of piperazine rings is 1. The Kier molecular flexibility index (Phi) is 4.15. The predicted molar refractivity (Wildman–Crippen MR) is 108 cm³/mol. The molecule has 136 valence electrons. The highest BCUT2D eigenvalue weighted by Crippen LogP contribution is 2.29. The van der Waals surface area contributed by atoms with Gasteiger partial charge in [-0.15, -0.1) is 0 Å². The monoisotopic (exact) mass is 378 g/mol. The van der Waals surface area contributed by atoms with Gasteiger partial charge in [0.25, 0.3) is 0 Å². The van der Waals surface area contributed by atoms with Crippen molar-refractivity contribution in [3.05, 3.63) is 42.9 Å². The van der Waals surface area contributed by atoms with Crippen LogP contribution in [0.2, 0.25) is 0 Å². The van der Waals surface area contributed by atoms with E-state index in [0.717, 1.165) is 58.7 Å². The van der Waals surface area contributed by atoms with Gasteiger partial charge in [0, 0.05) is 55.9 Å². The van der Waals surface area contributed by atoms with Gasteiger partial charge in [-0.25, -0.2) is 15.0 Å². The summed E-state index contributed by atoms with van der Waals surface area (Å²) in [4.78, 5) is 17.0. The summed E-state index contributed by atoms with van der Waals surface area (Å²) < 4.78 is 0. The van der Waals surface area contributed by atoms with Crippen LogP contribution in [0, 0.1) is 0 Å². The van der Waals surface area contributed by atoms with Gasteiger partial charge in [0.1, 0.15) is 16.2 Å². The summed E-state index contributed by atoms with van der Waals surface area (Å²) in [6, 6.07) is 8.06. The van der Waals surface area contributed by atoms with Gasteiger partial charge < -0.3 is 15.5 Å². The second kappa shape index (κ2) is 6.93. The van der Waals surface area contributed by atoms with Gasteiger partial charge in [-0.1, -0.05) is 11.3 Å². The normalized spacial score (nSPS) is 14.6. The van der Waals surface area contributed by atoms with Crippen molar-refractivity contribution in [2.45, 2.75) is 0 Å². The number of hydrogen-bond acceptors (Lipinski definition) is 8. The first kappa shape index (κ1) is 16.2. The lowest BCUT2D eigenvalue weighted by Crippen LogP contribution is -2.43. The number of anilines is 3. The molecular weight excluding hydrogens is 360 g/mol. The number of rotatable bonds is 4. The lowest BCUT2D eigenvalue weighted by atomic mass is 10.2. The van der Waals surface area contributed by atoms with Crippen LogP contribution in [0.3, 0.4) is 0 Å². The van der Waals surface area contributed by atoms with Crippen LogP contribution in [-0.2, 0) is 0 Å². The smallest absolute Gasteiger partial charge is 0.190 e. The Morgan fingerprint density at radius 1 is 1.11 bits per heavy atom. The molecular formula is C18H18N8S. The quantitative estimate of drug-likeness (QED) is 0.502. The minimum Gasteiger partial charge on any atom is -0.369 e. The van der Waals surface area contributed by atoms with Gasteiger partial charge in [-0.2, -0.15) is 5.10 Å². The molecule has 5 heterocycles. The van der Waals surface area contributed by atoms with Crippen LogP contribution in [0.25, 0.3) is 21.6 Å². The molecule has 3 N–H and O–H groups in total. The SMILES string of the molecule is c1cc(N2CCNCC2)cc(Nc2nc3ccc(-c4cn[nH]c4)nc3s2)n1. The van der Waals surface area contributed by atoms with E-state index in [1.54, 1.807) is 6.20 Å². The van der Waals surface area contributed by atoms with Crippen molar-refractivity contribution >= 4 is 38.3 Å². The third-order valence-electron chi connectivity index (χ3n) is 4.51. The van der Waals surface area contributed by atoms with Gasteiger partial charge in [-0.05, 0) is 18.2 Å². The summed E-state index contributed by atoms with van der Waals surface area (Å²) in [5.74, 6) is 0.792. The van der Waals surface area contributed by atoms with Gasteiger partial charge >= 0.3 is 0 Å². The van der Waals surface area contributed by atoms with Crippen molar-refractivity contribution < 1.29 is 0 Å². The van der Waals surface area contributed by atoms with Crippen molar-refractivity contribution in [1.82, 2.24) is 30.5 Å². The maximum atomic E-state index is 4.69. The Morgan fingerprint density at radius 3 is 2.89 bits per heavy atom. The van der Waals surface area contributed by atoms with Crippen LogP contribution in [0.15, 0.2) is 42.9 Å². The zero-order valence-corrected chi connectivity index (χ0v) is 15.3. The minimum absolute atomic E-state index is 0.784. The highest BCUT2D eigenvalue weighted by Gasteiger charge is 2.12. The molecule has 9 heteroatoms. The first-order valence-electron chi connectivity index (χ1n) is 8.81. The van der Waals surface area contributed by atoms with Crippen molar-refractivity contribution in [2.24, 2.45) is 0 Å². The molecule has 8 nitrogen and oxygen atoms in total.